The van der Waals surface area contributed by atoms with Crippen molar-refractivity contribution in [2.45, 2.75) is 25.3 Å². The van der Waals surface area contributed by atoms with Gasteiger partial charge in [-0.2, -0.15) is 5.10 Å². The summed E-state index contributed by atoms with van der Waals surface area (Å²) in [6, 6.07) is 7.36. The standard InChI is InChI=1S/C17H20N4O3/c1-21-15(9-13(20-21)11-5-6-11)19-17(22)18-10-12-3-2-4-14-16(12)24-8-7-23-14/h2-4,9,11H,5-8,10H2,1H3,(H2,18,19,22). The van der Waals surface area contributed by atoms with Crippen LogP contribution in [0.4, 0.5) is 10.6 Å². The lowest BCUT2D eigenvalue weighted by molar-refractivity contribution is 0.169. The van der Waals surface area contributed by atoms with Gasteiger partial charge in [-0.15, -0.1) is 0 Å². The van der Waals surface area contributed by atoms with Crippen LogP contribution in [0, 0.1) is 0 Å². The van der Waals surface area contributed by atoms with Crippen molar-refractivity contribution >= 4 is 11.8 Å². The Hall–Kier alpha value is -2.70. The highest BCUT2D eigenvalue weighted by molar-refractivity contribution is 5.88. The fourth-order valence-electron chi connectivity index (χ4n) is 2.79. The van der Waals surface area contributed by atoms with E-state index in [0.717, 1.165) is 17.0 Å². The van der Waals surface area contributed by atoms with Gasteiger partial charge in [0.25, 0.3) is 0 Å². The van der Waals surface area contributed by atoms with Crippen LogP contribution in [0.5, 0.6) is 11.5 Å². The van der Waals surface area contributed by atoms with E-state index >= 15 is 0 Å². The Morgan fingerprint density at radius 3 is 3.00 bits per heavy atom. The molecule has 1 fully saturated rings. The summed E-state index contributed by atoms with van der Waals surface area (Å²) in [5, 5.41) is 10.1. The Balaban J connectivity index is 1.38. The van der Waals surface area contributed by atoms with Crippen LogP contribution in [-0.2, 0) is 13.6 Å². The predicted octanol–water partition coefficient (Wildman–Crippen LogP) is 2.39. The van der Waals surface area contributed by atoms with Gasteiger partial charge in [0.2, 0.25) is 0 Å². The lowest BCUT2D eigenvalue weighted by atomic mass is 10.1. The van der Waals surface area contributed by atoms with E-state index < -0.39 is 0 Å². The second kappa shape index (κ2) is 6.07. The Labute approximate surface area is 139 Å². The van der Waals surface area contributed by atoms with E-state index in [1.54, 1.807) is 4.68 Å². The van der Waals surface area contributed by atoms with E-state index in [2.05, 4.69) is 15.7 Å². The van der Waals surface area contributed by atoms with E-state index in [1.807, 2.05) is 31.3 Å². The summed E-state index contributed by atoms with van der Waals surface area (Å²) in [6.45, 7) is 1.44. The molecule has 126 valence electrons. The number of ether oxygens (including phenoxy) is 2. The molecule has 2 heterocycles. The van der Waals surface area contributed by atoms with Crippen molar-refractivity contribution in [3.8, 4) is 11.5 Å². The van der Waals surface area contributed by atoms with Gasteiger partial charge in [0.05, 0.1) is 5.69 Å². The van der Waals surface area contributed by atoms with Gasteiger partial charge >= 0.3 is 6.03 Å². The molecular formula is C17H20N4O3. The SMILES string of the molecule is Cn1nc(C2CC2)cc1NC(=O)NCc1cccc2c1OCCO2. The number of fused-ring (bicyclic) bond motifs is 1. The Bertz CT molecular complexity index is 767. The van der Waals surface area contributed by atoms with Crippen LogP contribution in [0.15, 0.2) is 24.3 Å². The van der Waals surface area contributed by atoms with Gasteiger partial charge in [-0.1, -0.05) is 12.1 Å². The zero-order chi connectivity index (χ0) is 16.5. The topological polar surface area (TPSA) is 77.4 Å². The highest BCUT2D eigenvalue weighted by Crippen LogP contribution is 2.40. The van der Waals surface area contributed by atoms with E-state index in [0.29, 0.717) is 37.2 Å². The molecule has 2 aromatic rings. The molecule has 0 saturated heterocycles. The third kappa shape index (κ3) is 3.02. The summed E-state index contributed by atoms with van der Waals surface area (Å²) in [7, 11) is 1.83. The van der Waals surface area contributed by atoms with Gasteiger partial charge in [0.1, 0.15) is 19.0 Å². The molecule has 1 aromatic heterocycles. The number of urea groups is 1. The van der Waals surface area contributed by atoms with Crippen LogP contribution in [-0.4, -0.2) is 29.0 Å². The molecule has 2 N–H and O–H groups in total. The van der Waals surface area contributed by atoms with E-state index in [1.165, 1.54) is 12.8 Å². The first-order valence-electron chi connectivity index (χ1n) is 8.17. The number of hydrogen-bond acceptors (Lipinski definition) is 4. The minimum absolute atomic E-state index is 0.269. The van der Waals surface area contributed by atoms with Crippen LogP contribution in [0.25, 0.3) is 0 Å². The maximum absolute atomic E-state index is 12.2. The third-order valence-electron chi connectivity index (χ3n) is 4.22. The number of carbonyl (C=O) groups excluding carboxylic acids is 1. The number of aromatic nitrogens is 2. The van der Waals surface area contributed by atoms with Gasteiger partial charge in [0, 0.05) is 31.1 Å². The number of para-hydroxylation sites is 1. The molecule has 24 heavy (non-hydrogen) atoms. The third-order valence-corrected chi connectivity index (χ3v) is 4.22. The van der Waals surface area contributed by atoms with Crippen LogP contribution in [0.3, 0.4) is 0 Å². The van der Waals surface area contributed by atoms with Crippen LogP contribution >= 0.6 is 0 Å². The van der Waals surface area contributed by atoms with Crippen molar-refractivity contribution in [2.24, 2.45) is 7.05 Å². The average molecular weight is 328 g/mol. The van der Waals surface area contributed by atoms with Gasteiger partial charge in [-0.25, -0.2) is 4.79 Å². The molecule has 0 atom stereocenters. The molecule has 1 aliphatic carbocycles. The number of amides is 2. The lowest BCUT2D eigenvalue weighted by Gasteiger charge is -2.21. The summed E-state index contributed by atoms with van der Waals surface area (Å²) >= 11 is 0. The van der Waals surface area contributed by atoms with Gasteiger partial charge in [-0.3, -0.25) is 10.00 Å². The molecule has 0 bridgehead atoms. The molecule has 1 aromatic carbocycles. The first kappa shape index (κ1) is 14.9. The molecule has 0 spiro atoms. The Kier molecular flexibility index (Phi) is 3.76. The Morgan fingerprint density at radius 1 is 1.33 bits per heavy atom. The Morgan fingerprint density at radius 2 is 2.17 bits per heavy atom. The summed E-state index contributed by atoms with van der Waals surface area (Å²) in [6.07, 6.45) is 2.37. The zero-order valence-corrected chi connectivity index (χ0v) is 13.5. The molecule has 2 aliphatic rings. The fraction of sp³-hybridized carbons (Fsp3) is 0.412. The van der Waals surface area contributed by atoms with Gasteiger partial charge in [-0.05, 0) is 18.9 Å². The molecule has 0 radical (unpaired) electrons. The van der Waals surface area contributed by atoms with Crippen LogP contribution < -0.4 is 20.1 Å². The summed E-state index contributed by atoms with van der Waals surface area (Å²) in [5.74, 6) is 2.69. The highest BCUT2D eigenvalue weighted by atomic mass is 16.6. The maximum Gasteiger partial charge on any atom is 0.320 e. The van der Waals surface area contributed by atoms with E-state index in [9.17, 15) is 4.79 Å². The number of anilines is 1. The smallest absolute Gasteiger partial charge is 0.320 e. The van der Waals surface area contributed by atoms with Crippen LogP contribution in [0.2, 0.25) is 0 Å². The fourth-order valence-corrected chi connectivity index (χ4v) is 2.79. The molecular weight excluding hydrogens is 308 g/mol. The molecule has 4 rings (SSSR count). The largest absolute Gasteiger partial charge is 0.486 e. The van der Waals surface area contributed by atoms with E-state index in [4.69, 9.17) is 9.47 Å². The second-order valence-electron chi connectivity index (χ2n) is 6.10. The molecule has 0 unspecified atom stereocenters. The molecule has 1 saturated carbocycles. The normalized spacial score (nSPS) is 15.9. The van der Waals surface area contributed by atoms with Crippen molar-refractivity contribution in [3.63, 3.8) is 0 Å². The van der Waals surface area contributed by atoms with Crippen molar-refractivity contribution in [2.75, 3.05) is 18.5 Å². The molecule has 2 amide bonds. The number of nitrogens with one attached hydrogen (secondary N) is 2. The molecule has 7 heteroatoms. The molecule has 1 aliphatic heterocycles. The van der Waals surface area contributed by atoms with Crippen molar-refractivity contribution < 1.29 is 14.3 Å². The summed E-state index contributed by atoms with van der Waals surface area (Å²) in [5.41, 5.74) is 1.95. The number of nitrogens with zero attached hydrogens (tertiary/aromatic N) is 2. The quantitative estimate of drug-likeness (QED) is 0.903. The first-order chi connectivity index (χ1) is 11.7. The zero-order valence-electron chi connectivity index (χ0n) is 13.5. The van der Waals surface area contributed by atoms with Crippen molar-refractivity contribution in [1.82, 2.24) is 15.1 Å². The van der Waals surface area contributed by atoms with Crippen molar-refractivity contribution in [3.05, 3.63) is 35.5 Å². The summed E-state index contributed by atoms with van der Waals surface area (Å²) < 4.78 is 12.9. The number of rotatable bonds is 4. The number of aryl methyl sites for hydroxylation is 1. The maximum atomic E-state index is 12.2. The number of benzene rings is 1. The molecule has 7 nitrogen and oxygen atoms in total. The number of hydrogen-bond donors (Lipinski definition) is 2. The summed E-state index contributed by atoms with van der Waals surface area (Å²) in [4.78, 5) is 12.2. The average Bonchev–Trinajstić information content (AvgIpc) is 3.38. The first-order valence-corrected chi connectivity index (χ1v) is 8.17. The van der Waals surface area contributed by atoms with Crippen molar-refractivity contribution in [1.29, 1.82) is 0 Å². The predicted molar refractivity (Wildman–Crippen MR) is 88.5 cm³/mol. The lowest BCUT2D eigenvalue weighted by Crippen LogP contribution is -2.29. The van der Waals surface area contributed by atoms with E-state index in [-0.39, 0.29) is 6.03 Å². The minimum Gasteiger partial charge on any atom is -0.486 e. The highest BCUT2D eigenvalue weighted by Gasteiger charge is 2.27. The minimum atomic E-state index is -0.269. The van der Waals surface area contributed by atoms with Crippen LogP contribution in [0.1, 0.15) is 30.0 Å². The van der Waals surface area contributed by atoms with Gasteiger partial charge < -0.3 is 14.8 Å². The number of carbonyl (C=O) groups is 1. The monoisotopic (exact) mass is 328 g/mol. The van der Waals surface area contributed by atoms with Gasteiger partial charge in [0.15, 0.2) is 11.5 Å². The second-order valence-corrected chi connectivity index (χ2v) is 6.10.